The number of nitrogens with one attached hydrogen (secondary N) is 1. The highest BCUT2D eigenvalue weighted by Crippen LogP contribution is 2.38. The molecule has 0 radical (unpaired) electrons. The summed E-state index contributed by atoms with van der Waals surface area (Å²) in [6.45, 7) is 0. The van der Waals surface area contributed by atoms with Gasteiger partial charge in [0.05, 0.1) is 11.4 Å². The van der Waals surface area contributed by atoms with E-state index in [2.05, 4.69) is 10.4 Å². The third-order valence-electron chi connectivity index (χ3n) is 6.63. The molecule has 0 spiro atoms. The molecule has 4 aromatic rings. The molecule has 1 unspecified atom stereocenters. The molecule has 6 rings (SSSR count). The number of carbonyl (C=O) groups is 3. The number of hydrazine groups is 1. The number of nitrogens with zero attached hydrogens (tertiary/aromatic N) is 3. The minimum atomic E-state index is -0.466. The van der Waals surface area contributed by atoms with E-state index in [0.717, 1.165) is 11.1 Å². The minimum Gasteiger partial charge on any atom is -0.508 e. The lowest BCUT2D eigenvalue weighted by molar-refractivity contribution is -0.130. The van der Waals surface area contributed by atoms with E-state index >= 15 is 0 Å². The lowest BCUT2D eigenvalue weighted by atomic mass is 10.1. The van der Waals surface area contributed by atoms with Crippen LogP contribution in [-0.4, -0.2) is 39.4 Å². The number of amides is 3. The molecular weight excluding hydrogens is 536 g/mol. The Morgan fingerprint density at radius 3 is 2.32 bits per heavy atom. The predicted octanol–water partition coefficient (Wildman–Crippen LogP) is 5.15. The van der Waals surface area contributed by atoms with Crippen molar-refractivity contribution in [3.8, 4) is 5.75 Å². The molecule has 2 N–H and O–H groups in total. The van der Waals surface area contributed by atoms with E-state index in [1.54, 1.807) is 54.6 Å². The summed E-state index contributed by atoms with van der Waals surface area (Å²) in [6, 6.07) is 32.2. The zero-order valence-electron chi connectivity index (χ0n) is 21.7. The number of rotatable bonds is 6. The second kappa shape index (κ2) is 11.1. The first kappa shape index (κ1) is 26.1. The fraction of sp³-hybridized carbons (Fsp3) is 0.0625. The Bertz CT molecular complexity index is 1690. The molecule has 1 saturated heterocycles. The molecule has 0 aliphatic carbocycles. The van der Waals surface area contributed by atoms with Crippen LogP contribution >= 0.6 is 11.8 Å². The first-order valence-electron chi connectivity index (χ1n) is 12.9. The largest absolute Gasteiger partial charge is 0.508 e. The number of amidine groups is 1. The number of anilines is 1. The molecule has 2 aliphatic heterocycles. The van der Waals surface area contributed by atoms with Gasteiger partial charge in [-0.1, -0.05) is 72.8 Å². The van der Waals surface area contributed by atoms with Gasteiger partial charge in [-0.3, -0.25) is 24.7 Å². The van der Waals surface area contributed by atoms with E-state index in [0.29, 0.717) is 28.3 Å². The number of benzene rings is 4. The van der Waals surface area contributed by atoms with E-state index in [1.165, 1.54) is 21.7 Å². The average Bonchev–Trinajstić information content (AvgIpc) is 3.53. The van der Waals surface area contributed by atoms with Crippen molar-refractivity contribution in [2.45, 2.75) is 5.37 Å². The number of phenols is 1. The molecule has 2 aliphatic rings. The Labute approximate surface area is 240 Å². The highest BCUT2D eigenvalue weighted by atomic mass is 32.2. The summed E-state index contributed by atoms with van der Waals surface area (Å²) in [4.78, 5) is 45.5. The Morgan fingerprint density at radius 1 is 0.902 bits per heavy atom. The van der Waals surface area contributed by atoms with Gasteiger partial charge in [0, 0.05) is 11.1 Å². The van der Waals surface area contributed by atoms with E-state index < -0.39 is 11.3 Å². The van der Waals surface area contributed by atoms with Crippen LogP contribution in [0.1, 0.15) is 32.4 Å². The topological polar surface area (TPSA) is 102 Å². The van der Waals surface area contributed by atoms with Crippen LogP contribution in [0.5, 0.6) is 5.75 Å². The number of hydrogen-bond donors (Lipinski definition) is 2. The Hall–Kier alpha value is -5.15. The van der Waals surface area contributed by atoms with Gasteiger partial charge in [-0.15, -0.1) is 11.8 Å². The molecule has 1 atom stereocenters. The molecule has 41 heavy (non-hydrogen) atoms. The van der Waals surface area contributed by atoms with Crippen molar-refractivity contribution in [3.05, 3.63) is 137 Å². The third kappa shape index (κ3) is 5.35. The van der Waals surface area contributed by atoms with Gasteiger partial charge >= 0.3 is 0 Å². The van der Waals surface area contributed by atoms with E-state index in [4.69, 9.17) is 0 Å². The molecular formula is C32H24N4O4S. The molecule has 3 amide bonds. The molecule has 8 nitrogen and oxygen atoms in total. The molecule has 2 heterocycles. The van der Waals surface area contributed by atoms with Crippen LogP contribution in [-0.2, 0) is 9.59 Å². The monoisotopic (exact) mass is 560 g/mol. The van der Waals surface area contributed by atoms with Gasteiger partial charge in [-0.25, -0.2) is 10.0 Å². The standard InChI is InChI=1S/C32H24N4O4S/c37-26-13-7-12-24(19-26)32-36(28(38)20-41-32)34-30(39)23-14-16-25(17-15-23)35-29(22-10-5-2-6-11-22)33-27(31(35)40)18-21-8-3-1-4-9-21/h1-19,32,37H,20H2,(H,34,39)/b27-18-. The molecule has 202 valence electrons. The van der Waals surface area contributed by atoms with Gasteiger partial charge in [0.1, 0.15) is 22.7 Å². The van der Waals surface area contributed by atoms with E-state index in [9.17, 15) is 19.5 Å². The Balaban J connectivity index is 1.25. The van der Waals surface area contributed by atoms with Crippen molar-refractivity contribution in [2.75, 3.05) is 10.7 Å². The van der Waals surface area contributed by atoms with Gasteiger partial charge in [0.15, 0.2) is 0 Å². The van der Waals surface area contributed by atoms with Crippen LogP contribution in [0.4, 0.5) is 5.69 Å². The lowest BCUT2D eigenvalue weighted by Gasteiger charge is -2.25. The first-order valence-corrected chi connectivity index (χ1v) is 13.9. The zero-order valence-corrected chi connectivity index (χ0v) is 22.5. The Morgan fingerprint density at radius 2 is 1.61 bits per heavy atom. The number of hydrogen-bond acceptors (Lipinski definition) is 6. The van der Waals surface area contributed by atoms with Crippen LogP contribution < -0.4 is 10.3 Å². The SMILES string of the molecule is O=C(NN1C(=O)CSC1c1cccc(O)c1)c1ccc(N2C(=O)/C(=C/c3ccccc3)N=C2c2ccccc2)cc1. The summed E-state index contributed by atoms with van der Waals surface area (Å²) in [7, 11) is 0. The van der Waals surface area contributed by atoms with Crippen LogP contribution in [0, 0.1) is 0 Å². The first-order chi connectivity index (χ1) is 20.0. The van der Waals surface area contributed by atoms with Gasteiger partial charge in [-0.05, 0) is 53.6 Å². The number of carbonyl (C=O) groups excluding carboxylic acids is 3. The van der Waals surface area contributed by atoms with Crippen molar-refractivity contribution in [2.24, 2.45) is 4.99 Å². The van der Waals surface area contributed by atoms with Gasteiger partial charge < -0.3 is 5.11 Å². The maximum absolute atomic E-state index is 13.6. The van der Waals surface area contributed by atoms with Gasteiger partial charge in [-0.2, -0.15) is 0 Å². The van der Waals surface area contributed by atoms with Crippen molar-refractivity contribution in [1.82, 2.24) is 10.4 Å². The number of aliphatic imine (C=N–C) groups is 1. The van der Waals surface area contributed by atoms with E-state index in [1.807, 2.05) is 60.7 Å². The van der Waals surface area contributed by atoms with Crippen LogP contribution in [0.2, 0.25) is 0 Å². The van der Waals surface area contributed by atoms with Gasteiger partial charge in [0.25, 0.3) is 17.7 Å². The summed E-state index contributed by atoms with van der Waals surface area (Å²) in [5.41, 5.74) is 6.23. The molecule has 9 heteroatoms. The molecule has 0 aromatic heterocycles. The summed E-state index contributed by atoms with van der Waals surface area (Å²) in [5.74, 6) is -0.204. The number of aromatic hydroxyl groups is 1. The maximum atomic E-state index is 13.6. The molecule has 0 bridgehead atoms. The highest BCUT2D eigenvalue weighted by Gasteiger charge is 2.35. The fourth-order valence-corrected chi connectivity index (χ4v) is 5.75. The zero-order chi connectivity index (χ0) is 28.3. The Kier molecular flexibility index (Phi) is 7.09. The summed E-state index contributed by atoms with van der Waals surface area (Å²) < 4.78 is 0. The minimum absolute atomic E-state index is 0.0842. The van der Waals surface area contributed by atoms with Crippen molar-refractivity contribution in [3.63, 3.8) is 0 Å². The molecule has 1 fully saturated rings. The fourth-order valence-electron chi connectivity index (χ4n) is 4.65. The third-order valence-corrected chi connectivity index (χ3v) is 7.84. The van der Waals surface area contributed by atoms with Crippen LogP contribution in [0.25, 0.3) is 6.08 Å². The van der Waals surface area contributed by atoms with Crippen LogP contribution in [0.3, 0.4) is 0 Å². The smallest absolute Gasteiger partial charge is 0.282 e. The quantitative estimate of drug-likeness (QED) is 0.318. The molecule has 0 saturated carbocycles. The lowest BCUT2D eigenvalue weighted by Crippen LogP contribution is -2.44. The maximum Gasteiger partial charge on any atom is 0.282 e. The normalized spacial score (nSPS) is 17.7. The summed E-state index contributed by atoms with van der Waals surface area (Å²) in [5, 5.41) is 10.7. The second-order valence-electron chi connectivity index (χ2n) is 9.39. The highest BCUT2D eigenvalue weighted by molar-refractivity contribution is 8.00. The average molecular weight is 561 g/mol. The predicted molar refractivity (Wildman–Crippen MR) is 159 cm³/mol. The second-order valence-corrected chi connectivity index (χ2v) is 10.5. The molecule has 4 aromatic carbocycles. The number of phenolic OH excluding ortho intramolecular Hbond substituents is 1. The summed E-state index contributed by atoms with van der Waals surface area (Å²) in [6.07, 6.45) is 1.75. The van der Waals surface area contributed by atoms with Crippen molar-refractivity contribution in [1.29, 1.82) is 0 Å². The van der Waals surface area contributed by atoms with Crippen LogP contribution in [0.15, 0.2) is 120 Å². The van der Waals surface area contributed by atoms with Gasteiger partial charge in [0.2, 0.25) is 0 Å². The van der Waals surface area contributed by atoms with E-state index in [-0.39, 0.29) is 23.3 Å². The number of thioether (sulfide) groups is 1. The summed E-state index contributed by atoms with van der Waals surface area (Å²) >= 11 is 1.36. The van der Waals surface area contributed by atoms with Crippen molar-refractivity contribution < 1.29 is 19.5 Å². The van der Waals surface area contributed by atoms with Crippen molar-refractivity contribution >= 4 is 47.1 Å².